The fourth-order valence-electron chi connectivity index (χ4n) is 4.28. The summed E-state index contributed by atoms with van der Waals surface area (Å²) >= 11 is 0. The molecule has 0 saturated carbocycles. The standard InChI is InChI=1S/C18H22N2O3/c1-11(21)19-13-8-14-2-3-15(9-13)20(14)10-17-7-12-6-16(22)4-5-18(12)23-17/h4-7,13-15,22H,2-3,8-10H2,1H3,(H,19,21)/t13?,14-,15+. The van der Waals surface area contributed by atoms with Crippen molar-refractivity contribution in [2.75, 3.05) is 0 Å². The van der Waals surface area contributed by atoms with E-state index in [4.69, 9.17) is 4.42 Å². The van der Waals surface area contributed by atoms with Crippen molar-refractivity contribution >= 4 is 16.9 Å². The lowest BCUT2D eigenvalue weighted by Crippen LogP contribution is -2.49. The minimum atomic E-state index is 0.0694. The van der Waals surface area contributed by atoms with Gasteiger partial charge in [-0.25, -0.2) is 0 Å². The van der Waals surface area contributed by atoms with E-state index >= 15 is 0 Å². The third-order valence-electron chi connectivity index (χ3n) is 5.18. The van der Waals surface area contributed by atoms with E-state index in [-0.39, 0.29) is 11.7 Å². The van der Waals surface area contributed by atoms with Crippen molar-refractivity contribution < 1.29 is 14.3 Å². The Morgan fingerprint density at radius 1 is 1.30 bits per heavy atom. The van der Waals surface area contributed by atoms with Gasteiger partial charge in [-0.3, -0.25) is 9.69 Å². The highest BCUT2D eigenvalue weighted by Crippen LogP contribution is 2.37. The summed E-state index contributed by atoms with van der Waals surface area (Å²) < 4.78 is 5.92. The third kappa shape index (κ3) is 2.81. The number of carbonyl (C=O) groups is 1. The largest absolute Gasteiger partial charge is 0.508 e. The Hall–Kier alpha value is -2.01. The van der Waals surface area contributed by atoms with Crippen LogP contribution in [0.4, 0.5) is 0 Å². The lowest BCUT2D eigenvalue weighted by atomic mass is 9.97. The minimum absolute atomic E-state index is 0.0694. The van der Waals surface area contributed by atoms with Crippen LogP contribution in [0.25, 0.3) is 11.0 Å². The molecule has 3 heterocycles. The summed E-state index contributed by atoms with van der Waals surface area (Å²) in [7, 11) is 0. The normalized spacial score (nSPS) is 27.4. The highest BCUT2D eigenvalue weighted by molar-refractivity contribution is 5.79. The summed E-state index contributed by atoms with van der Waals surface area (Å²) in [5.41, 5.74) is 0.818. The molecular formula is C18H22N2O3. The molecule has 5 nitrogen and oxygen atoms in total. The smallest absolute Gasteiger partial charge is 0.217 e. The van der Waals surface area contributed by atoms with Crippen molar-refractivity contribution in [3.63, 3.8) is 0 Å². The first-order chi connectivity index (χ1) is 11.1. The van der Waals surface area contributed by atoms with Crippen LogP contribution in [0.15, 0.2) is 28.7 Å². The van der Waals surface area contributed by atoms with E-state index < -0.39 is 0 Å². The molecule has 0 spiro atoms. The van der Waals surface area contributed by atoms with Gasteiger partial charge in [-0.2, -0.15) is 0 Å². The van der Waals surface area contributed by atoms with E-state index in [0.717, 1.165) is 36.1 Å². The van der Waals surface area contributed by atoms with E-state index in [1.165, 1.54) is 12.8 Å². The van der Waals surface area contributed by atoms with Crippen molar-refractivity contribution in [2.45, 2.75) is 57.3 Å². The number of nitrogens with zero attached hydrogens (tertiary/aromatic N) is 1. The van der Waals surface area contributed by atoms with Crippen molar-refractivity contribution in [2.24, 2.45) is 0 Å². The summed E-state index contributed by atoms with van der Waals surface area (Å²) in [6.45, 7) is 2.40. The number of benzene rings is 1. The maximum Gasteiger partial charge on any atom is 0.217 e. The van der Waals surface area contributed by atoms with Crippen molar-refractivity contribution in [1.29, 1.82) is 0 Å². The van der Waals surface area contributed by atoms with Gasteiger partial charge in [0.25, 0.3) is 0 Å². The molecule has 2 aliphatic rings. The molecule has 4 rings (SSSR count). The van der Waals surface area contributed by atoms with Gasteiger partial charge in [0, 0.05) is 30.4 Å². The molecule has 2 fully saturated rings. The number of rotatable bonds is 3. The number of hydrogen-bond acceptors (Lipinski definition) is 4. The van der Waals surface area contributed by atoms with Gasteiger partial charge < -0.3 is 14.8 Å². The zero-order valence-corrected chi connectivity index (χ0v) is 13.3. The van der Waals surface area contributed by atoms with Gasteiger partial charge in [0.15, 0.2) is 0 Å². The number of fused-ring (bicyclic) bond motifs is 3. The molecule has 1 amide bonds. The fraction of sp³-hybridized carbons (Fsp3) is 0.500. The molecule has 2 saturated heterocycles. The number of piperidine rings is 1. The van der Waals surface area contributed by atoms with Gasteiger partial charge in [0.1, 0.15) is 17.1 Å². The molecule has 23 heavy (non-hydrogen) atoms. The van der Waals surface area contributed by atoms with Crippen LogP contribution in [0.2, 0.25) is 0 Å². The molecule has 3 atom stereocenters. The number of phenolic OH excluding ortho intramolecular Hbond substituents is 1. The number of phenols is 1. The Morgan fingerprint density at radius 3 is 2.74 bits per heavy atom. The summed E-state index contributed by atoms with van der Waals surface area (Å²) in [6.07, 6.45) is 4.44. The lowest BCUT2D eigenvalue weighted by molar-refractivity contribution is -0.120. The second kappa shape index (κ2) is 5.57. The molecule has 0 radical (unpaired) electrons. The van der Waals surface area contributed by atoms with E-state index in [0.29, 0.717) is 18.1 Å². The second-order valence-electron chi connectivity index (χ2n) is 6.86. The monoisotopic (exact) mass is 314 g/mol. The van der Waals surface area contributed by atoms with Crippen LogP contribution in [0.5, 0.6) is 5.75 Å². The number of nitrogens with one attached hydrogen (secondary N) is 1. The van der Waals surface area contributed by atoms with E-state index in [2.05, 4.69) is 10.2 Å². The molecule has 122 valence electrons. The molecule has 2 aromatic rings. The van der Waals surface area contributed by atoms with E-state index in [1.54, 1.807) is 19.1 Å². The van der Waals surface area contributed by atoms with Crippen LogP contribution in [-0.4, -0.2) is 34.0 Å². The zero-order valence-electron chi connectivity index (χ0n) is 13.3. The van der Waals surface area contributed by atoms with Gasteiger partial charge in [0.05, 0.1) is 6.54 Å². The molecule has 2 aliphatic heterocycles. The number of furan rings is 1. The highest BCUT2D eigenvalue weighted by atomic mass is 16.3. The number of amides is 1. The van der Waals surface area contributed by atoms with Crippen LogP contribution in [-0.2, 0) is 11.3 Å². The van der Waals surface area contributed by atoms with Crippen LogP contribution in [0.3, 0.4) is 0 Å². The maximum absolute atomic E-state index is 11.3. The van der Waals surface area contributed by atoms with Crippen molar-refractivity contribution in [3.05, 3.63) is 30.0 Å². The molecule has 1 aromatic carbocycles. The summed E-state index contributed by atoms with van der Waals surface area (Å²) in [5, 5.41) is 13.6. The highest BCUT2D eigenvalue weighted by Gasteiger charge is 2.41. The molecule has 0 aliphatic carbocycles. The summed E-state index contributed by atoms with van der Waals surface area (Å²) in [5.74, 6) is 1.28. The number of hydrogen-bond donors (Lipinski definition) is 2. The number of carbonyl (C=O) groups excluding carboxylic acids is 1. The fourth-order valence-corrected chi connectivity index (χ4v) is 4.28. The zero-order chi connectivity index (χ0) is 16.0. The Labute approximate surface area is 135 Å². The van der Waals surface area contributed by atoms with Gasteiger partial charge in [0.2, 0.25) is 5.91 Å². The maximum atomic E-state index is 11.3. The Bertz CT molecular complexity index is 725. The Kier molecular flexibility index (Phi) is 3.53. The van der Waals surface area contributed by atoms with Gasteiger partial charge >= 0.3 is 0 Å². The first-order valence-corrected chi connectivity index (χ1v) is 8.33. The number of aromatic hydroxyl groups is 1. The van der Waals surface area contributed by atoms with Crippen molar-refractivity contribution in [1.82, 2.24) is 10.2 Å². The van der Waals surface area contributed by atoms with Crippen LogP contribution >= 0.6 is 0 Å². The molecule has 2 N–H and O–H groups in total. The van der Waals surface area contributed by atoms with E-state index in [9.17, 15) is 9.90 Å². The molecule has 2 bridgehead atoms. The molecular weight excluding hydrogens is 292 g/mol. The van der Waals surface area contributed by atoms with E-state index in [1.807, 2.05) is 12.1 Å². The van der Waals surface area contributed by atoms with Gasteiger partial charge in [-0.15, -0.1) is 0 Å². The first-order valence-electron chi connectivity index (χ1n) is 8.33. The quantitative estimate of drug-likeness (QED) is 0.914. The Balaban J connectivity index is 1.49. The minimum Gasteiger partial charge on any atom is -0.508 e. The van der Waals surface area contributed by atoms with Crippen LogP contribution in [0, 0.1) is 0 Å². The predicted molar refractivity (Wildman–Crippen MR) is 87.1 cm³/mol. The third-order valence-corrected chi connectivity index (χ3v) is 5.18. The predicted octanol–water partition coefficient (Wildman–Crippen LogP) is 2.77. The average molecular weight is 314 g/mol. The van der Waals surface area contributed by atoms with Crippen molar-refractivity contribution in [3.8, 4) is 5.75 Å². The van der Waals surface area contributed by atoms with Gasteiger partial charge in [-0.05, 0) is 49.9 Å². The SMILES string of the molecule is CC(=O)NC1C[C@H]2CC[C@@H](C1)N2Cc1cc2cc(O)ccc2o1. The summed E-state index contributed by atoms with van der Waals surface area (Å²) in [4.78, 5) is 13.8. The average Bonchev–Trinajstić information content (AvgIpc) is 2.96. The first kappa shape index (κ1) is 14.6. The topological polar surface area (TPSA) is 65.7 Å². The summed E-state index contributed by atoms with van der Waals surface area (Å²) in [6, 6.07) is 8.58. The molecule has 1 aromatic heterocycles. The lowest BCUT2D eigenvalue weighted by Gasteiger charge is -2.38. The Morgan fingerprint density at radius 2 is 2.04 bits per heavy atom. The second-order valence-corrected chi connectivity index (χ2v) is 6.86. The van der Waals surface area contributed by atoms with Gasteiger partial charge in [-0.1, -0.05) is 0 Å². The van der Waals surface area contributed by atoms with Crippen LogP contribution < -0.4 is 5.32 Å². The molecule has 1 unspecified atom stereocenters. The van der Waals surface area contributed by atoms with Crippen LogP contribution in [0.1, 0.15) is 38.4 Å². The molecule has 5 heteroatoms.